The summed E-state index contributed by atoms with van der Waals surface area (Å²) in [6.45, 7) is 0.0344. The Bertz CT molecular complexity index is 439. The van der Waals surface area contributed by atoms with Crippen molar-refractivity contribution in [1.82, 2.24) is 0 Å². The fourth-order valence-electron chi connectivity index (χ4n) is 1.62. The van der Waals surface area contributed by atoms with E-state index in [1.807, 2.05) is 36.4 Å². The molecule has 0 aliphatic heterocycles. The van der Waals surface area contributed by atoms with Gasteiger partial charge in [-0.15, -0.1) is 0 Å². The van der Waals surface area contributed by atoms with E-state index in [1.54, 1.807) is 24.3 Å². The molecule has 2 N–H and O–H groups in total. The topological polar surface area (TPSA) is 58.9 Å². The van der Waals surface area contributed by atoms with Crippen LogP contribution in [0.1, 0.15) is 0 Å². The van der Waals surface area contributed by atoms with Gasteiger partial charge >= 0.3 is 0 Å². The van der Waals surface area contributed by atoms with Gasteiger partial charge in [0.25, 0.3) is 0 Å². The van der Waals surface area contributed by atoms with E-state index in [-0.39, 0.29) is 13.2 Å². The summed E-state index contributed by atoms with van der Waals surface area (Å²) in [5, 5.41) is 19.6. The molecule has 1 unspecified atom stereocenters. The van der Waals surface area contributed by atoms with Crippen molar-refractivity contribution in [2.75, 3.05) is 13.2 Å². The molecule has 0 aliphatic carbocycles. The van der Waals surface area contributed by atoms with Gasteiger partial charge in [-0.2, -0.15) is 0 Å². The van der Waals surface area contributed by atoms with Gasteiger partial charge in [0.15, 0.2) is 0 Å². The Morgan fingerprint density at radius 3 is 1.35 bits per heavy atom. The van der Waals surface area contributed by atoms with E-state index >= 15 is 0 Å². The molecule has 2 aromatic rings. The number of rotatable bonds is 7. The summed E-state index contributed by atoms with van der Waals surface area (Å²) in [7, 11) is 0. The average Bonchev–Trinajstić information content (AvgIpc) is 2.52. The maximum atomic E-state index is 9.80. The first kappa shape index (κ1) is 14.4. The highest BCUT2D eigenvalue weighted by Crippen LogP contribution is 2.11. The van der Waals surface area contributed by atoms with Gasteiger partial charge in [0.05, 0.1) is 0 Å². The third-order valence-electron chi connectivity index (χ3n) is 2.77. The van der Waals surface area contributed by atoms with Gasteiger partial charge in [0, 0.05) is 0 Å². The van der Waals surface area contributed by atoms with Gasteiger partial charge < -0.3 is 19.7 Å². The second-order valence-electron chi connectivity index (χ2n) is 4.38. The van der Waals surface area contributed by atoms with Gasteiger partial charge in [0.1, 0.15) is 36.9 Å². The molecule has 20 heavy (non-hydrogen) atoms. The van der Waals surface area contributed by atoms with Crippen molar-refractivity contribution in [3.05, 3.63) is 60.7 Å². The van der Waals surface area contributed by atoms with Crippen LogP contribution in [0.5, 0.6) is 11.5 Å². The maximum Gasteiger partial charge on any atom is 0.119 e. The summed E-state index contributed by atoms with van der Waals surface area (Å²) >= 11 is 0. The molecule has 0 saturated carbocycles. The minimum absolute atomic E-state index is 0.0172. The molecule has 0 radical (unpaired) electrons. The van der Waals surface area contributed by atoms with Crippen molar-refractivity contribution in [1.29, 1.82) is 0 Å². The van der Waals surface area contributed by atoms with Gasteiger partial charge in [-0.05, 0) is 24.3 Å². The fourth-order valence-corrected chi connectivity index (χ4v) is 1.62. The van der Waals surface area contributed by atoms with Crippen molar-refractivity contribution < 1.29 is 19.7 Å². The van der Waals surface area contributed by atoms with Crippen LogP contribution in [0.25, 0.3) is 0 Å². The molecule has 4 nitrogen and oxygen atoms in total. The standard InChI is InChI=1S/C16H18O4/c17-15(11-19-13-7-3-1-4-8-13)16(18)12-20-14-9-5-2-6-10-14/h1-10,15-18H,11-12H2/t15-,16?/m0/s1. The van der Waals surface area contributed by atoms with E-state index in [9.17, 15) is 10.2 Å². The van der Waals surface area contributed by atoms with E-state index in [4.69, 9.17) is 9.47 Å². The molecular formula is C16H18O4. The molecule has 0 amide bonds. The lowest BCUT2D eigenvalue weighted by molar-refractivity contribution is -0.0288. The normalized spacial score (nSPS) is 13.5. The smallest absolute Gasteiger partial charge is 0.119 e. The average molecular weight is 274 g/mol. The summed E-state index contributed by atoms with van der Waals surface area (Å²) in [5.41, 5.74) is 0. The van der Waals surface area contributed by atoms with Crippen LogP contribution in [0, 0.1) is 0 Å². The zero-order valence-electron chi connectivity index (χ0n) is 11.1. The lowest BCUT2D eigenvalue weighted by atomic mass is 10.2. The first-order chi connectivity index (χ1) is 9.75. The molecule has 2 rings (SSSR count). The third-order valence-corrected chi connectivity index (χ3v) is 2.77. The number of benzene rings is 2. The van der Waals surface area contributed by atoms with Crippen LogP contribution in [-0.2, 0) is 0 Å². The molecule has 2 aromatic carbocycles. The van der Waals surface area contributed by atoms with Crippen molar-refractivity contribution >= 4 is 0 Å². The Morgan fingerprint density at radius 1 is 0.650 bits per heavy atom. The van der Waals surface area contributed by atoms with Crippen molar-refractivity contribution in [2.24, 2.45) is 0 Å². The van der Waals surface area contributed by atoms with Crippen LogP contribution in [-0.4, -0.2) is 35.6 Å². The summed E-state index contributed by atoms with van der Waals surface area (Å²) < 4.78 is 10.8. The van der Waals surface area contributed by atoms with Gasteiger partial charge in [-0.25, -0.2) is 0 Å². The van der Waals surface area contributed by atoms with E-state index < -0.39 is 12.2 Å². The highest BCUT2D eigenvalue weighted by Gasteiger charge is 2.17. The number of hydrogen-bond donors (Lipinski definition) is 2. The molecule has 0 fully saturated rings. The molecule has 106 valence electrons. The number of aliphatic hydroxyl groups is 2. The number of para-hydroxylation sites is 2. The van der Waals surface area contributed by atoms with Crippen LogP contribution >= 0.6 is 0 Å². The maximum absolute atomic E-state index is 9.80. The summed E-state index contributed by atoms with van der Waals surface area (Å²) in [5.74, 6) is 1.31. The summed E-state index contributed by atoms with van der Waals surface area (Å²) in [6, 6.07) is 18.3. The van der Waals surface area contributed by atoms with Crippen LogP contribution < -0.4 is 9.47 Å². The largest absolute Gasteiger partial charge is 0.491 e. The quantitative estimate of drug-likeness (QED) is 0.809. The van der Waals surface area contributed by atoms with Crippen LogP contribution in [0.3, 0.4) is 0 Å². The first-order valence-corrected chi connectivity index (χ1v) is 6.47. The first-order valence-electron chi connectivity index (χ1n) is 6.47. The molecule has 2 atom stereocenters. The minimum atomic E-state index is -1.00. The minimum Gasteiger partial charge on any atom is -0.491 e. The van der Waals surface area contributed by atoms with E-state index in [0.717, 1.165) is 0 Å². The second kappa shape index (κ2) is 7.53. The predicted molar refractivity (Wildman–Crippen MR) is 75.9 cm³/mol. The monoisotopic (exact) mass is 274 g/mol. The lowest BCUT2D eigenvalue weighted by Crippen LogP contribution is -2.36. The molecular weight excluding hydrogens is 256 g/mol. The van der Waals surface area contributed by atoms with Crippen LogP contribution in [0.2, 0.25) is 0 Å². The molecule has 0 aliphatic rings. The second-order valence-corrected chi connectivity index (χ2v) is 4.38. The summed E-state index contributed by atoms with van der Waals surface area (Å²) in [6.07, 6.45) is -2.00. The highest BCUT2D eigenvalue weighted by molar-refractivity contribution is 5.21. The number of hydrogen-bond acceptors (Lipinski definition) is 4. The molecule has 4 heteroatoms. The van der Waals surface area contributed by atoms with Crippen LogP contribution in [0.15, 0.2) is 60.7 Å². The number of ether oxygens (including phenoxy) is 2. The Balaban J connectivity index is 1.73. The van der Waals surface area contributed by atoms with Crippen molar-refractivity contribution in [2.45, 2.75) is 12.2 Å². The zero-order valence-corrected chi connectivity index (χ0v) is 11.1. The van der Waals surface area contributed by atoms with E-state index in [1.165, 1.54) is 0 Å². The molecule has 0 saturated heterocycles. The van der Waals surface area contributed by atoms with E-state index in [2.05, 4.69) is 0 Å². The fraction of sp³-hybridized carbons (Fsp3) is 0.250. The Morgan fingerprint density at radius 2 is 1.00 bits per heavy atom. The molecule has 0 bridgehead atoms. The molecule has 0 heterocycles. The van der Waals surface area contributed by atoms with Gasteiger partial charge in [-0.1, -0.05) is 36.4 Å². The summed E-state index contributed by atoms with van der Waals surface area (Å²) in [4.78, 5) is 0. The van der Waals surface area contributed by atoms with Gasteiger partial charge in [0.2, 0.25) is 0 Å². The Kier molecular flexibility index (Phi) is 5.41. The molecule has 0 spiro atoms. The zero-order chi connectivity index (χ0) is 14.2. The van der Waals surface area contributed by atoms with Crippen molar-refractivity contribution in [3.8, 4) is 11.5 Å². The molecule has 0 aromatic heterocycles. The van der Waals surface area contributed by atoms with Gasteiger partial charge in [-0.3, -0.25) is 0 Å². The Hall–Kier alpha value is -2.04. The predicted octanol–water partition coefficient (Wildman–Crippen LogP) is 1.87. The lowest BCUT2D eigenvalue weighted by Gasteiger charge is -2.18. The SMILES string of the molecule is OC(COc1ccccc1)[C@@H](O)COc1ccccc1. The van der Waals surface area contributed by atoms with E-state index in [0.29, 0.717) is 11.5 Å². The highest BCUT2D eigenvalue weighted by atomic mass is 16.5. The Labute approximate surface area is 118 Å². The van der Waals surface area contributed by atoms with Crippen molar-refractivity contribution in [3.63, 3.8) is 0 Å². The third kappa shape index (κ3) is 4.57. The number of aliphatic hydroxyl groups excluding tert-OH is 2. The van der Waals surface area contributed by atoms with Crippen LogP contribution in [0.4, 0.5) is 0 Å².